The Morgan fingerprint density at radius 3 is 2.80 bits per heavy atom. The van der Waals surface area contributed by atoms with Crippen LogP contribution in [0.15, 0.2) is 29.3 Å². The van der Waals surface area contributed by atoms with Gasteiger partial charge in [-0.2, -0.15) is 0 Å². The van der Waals surface area contributed by atoms with Crippen LogP contribution in [0.3, 0.4) is 0 Å². The summed E-state index contributed by atoms with van der Waals surface area (Å²) >= 11 is 5.08. The number of anilines is 1. The van der Waals surface area contributed by atoms with Gasteiger partial charge in [-0.3, -0.25) is 9.89 Å². The fourth-order valence-electron chi connectivity index (χ4n) is 1.40. The van der Waals surface area contributed by atoms with E-state index < -0.39 is 5.97 Å². The largest absolute Gasteiger partial charge is 0.478 e. The molecule has 4 nitrogen and oxygen atoms in total. The Morgan fingerprint density at radius 1 is 1.47 bits per heavy atom. The number of aromatic carboxylic acids is 1. The maximum Gasteiger partial charge on any atom is 0.337 e. The summed E-state index contributed by atoms with van der Waals surface area (Å²) in [5, 5.41) is 9.00. The van der Waals surface area contributed by atoms with Crippen LogP contribution in [0, 0.1) is 0 Å². The van der Waals surface area contributed by atoms with Crippen molar-refractivity contribution in [1.82, 2.24) is 0 Å². The molecule has 1 aromatic rings. The number of carboxylic acid groups (broad SMARTS) is 1. The maximum absolute atomic E-state index is 11.0. The van der Waals surface area contributed by atoms with E-state index in [1.54, 1.807) is 35.5 Å². The molecule has 0 bridgehead atoms. The predicted octanol–water partition coefficient (Wildman–Crippen LogP) is 1.56. The number of thiocarbonyl (C=S) groups is 1. The van der Waals surface area contributed by atoms with Crippen LogP contribution in [0.4, 0.5) is 5.69 Å². The standard InChI is InChI=1S/C10H8N2O2S/c13-10(14)7-3-1-2-4-8(7)12-6-11-5-9(12)15/h1-4,6H,5H2,(H,13,14). The molecule has 0 spiro atoms. The van der Waals surface area contributed by atoms with Crippen LogP contribution < -0.4 is 4.90 Å². The first-order chi connectivity index (χ1) is 7.20. The molecule has 0 amide bonds. The van der Waals surface area contributed by atoms with Crippen molar-refractivity contribution < 1.29 is 9.90 Å². The van der Waals surface area contributed by atoms with E-state index in [0.29, 0.717) is 17.2 Å². The van der Waals surface area contributed by atoms with Gasteiger partial charge in [0.05, 0.1) is 24.1 Å². The molecule has 0 saturated carbocycles. The van der Waals surface area contributed by atoms with Gasteiger partial charge in [0.15, 0.2) is 0 Å². The van der Waals surface area contributed by atoms with Gasteiger partial charge in [0.2, 0.25) is 0 Å². The van der Waals surface area contributed by atoms with Crippen molar-refractivity contribution in [2.75, 3.05) is 11.4 Å². The highest BCUT2D eigenvalue weighted by Crippen LogP contribution is 2.21. The Bertz CT molecular complexity index is 456. The van der Waals surface area contributed by atoms with Crippen molar-refractivity contribution in [3.8, 4) is 0 Å². The summed E-state index contributed by atoms with van der Waals surface area (Å²) in [7, 11) is 0. The third-order valence-corrected chi connectivity index (χ3v) is 2.41. The van der Waals surface area contributed by atoms with E-state index in [2.05, 4.69) is 4.99 Å². The maximum atomic E-state index is 11.0. The summed E-state index contributed by atoms with van der Waals surface area (Å²) in [6.07, 6.45) is 1.56. The van der Waals surface area contributed by atoms with E-state index in [0.717, 1.165) is 0 Å². The average Bonchev–Trinajstić information content (AvgIpc) is 2.64. The minimum absolute atomic E-state index is 0.230. The zero-order valence-electron chi connectivity index (χ0n) is 7.75. The van der Waals surface area contributed by atoms with Gasteiger partial charge >= 0.3 is 5.97 Å². The summed E-state index contributed by atoms with van der Waals surface area (Å²) in [5.41, 5.74) is 0.796. The van der Waals surface area contributed by atoms with Gasteiger partial charge < -0.3 is 5.11 Å². The third kappa shape index (κ3) is 1.73. The molecule has 0 atom stereocenters. The first-order valence-corrected chi connectivity index (χ1v) is 4.75. The Labute approximate surface area is 91.9 Å². The van der Waals surface area contributed by atoms with Crippen LogP contribution in [0.5, 0.6) is 0 Å². The number of hydrogen-bond donors (Lipinski definition) is 1. The van der Waals surface area contributed by atoms with Crippen LogP contribution in [0.1, 0.15) is 10.4 Å². The summed E-state index contributed by atoms with van der Waals surface area (Å²) in [6, 6.07) is 6.72. The molecular weight excluding hydrogens is 212 g/mol. The average molecular weight is 220 g/mol. The van der Waals surface area contributed by atoms with Gasteiger partial charge in [-0.15, -0.1) is 0 Å². The summed E-state index contributed by atoms with van der Waals surface area (Å²) in [6.45, 7) is 0.448. The Hall–Kier alpha value is -1.75. The molecule has 0 saturated heterocycles. The molecule has 76 valence electrons. The first-order valence-electron chi connectivity index (χ1n) is 4.34. The number of para-hydroxylation sites is 1. The number of nitrogens with zero attached hydrogens (tertiary/aromatic N) is 2. The van der Waals surface area contributed by atoms with E-state index in [4.69, 9.17) is 17.3 Å². The minimum atomic E-state index is -0.964. The lowest BCUT2D eigenvalue weighted by Crippen LogP contribution is -2.25. The lowest BCUT2D eigenvalue weighted by Gasteiger charge is -2.16. The molecule has 0 aliphatic carbocycles. The predicted molar refractivity (Wildman–Crippen MR) is 61.8 cm³/mol. The molecule has 0 fully saturated rings. The zero-order chi connectivity index (χ0) is 10.8. The number of carbonyl (C=O) groups is 1. The van der Waals surface area contributed by atoms with Crippen molar-refractivity contribution in [3.05, 3.63) is 29.8 Å². The molecule has 1 aromatic carbocycles. The molecule has 1 heterocycles. The van der Waals surface area contributed by atoms with Crippen LogP contribution >= 0.6 is 12.2 Å². The molecule has 0 unspecified atom stereocenters. The third-order valence-electron chi connectivity index (χ3n) is 2.09. The normalized spacial score (nSPS) is 14.7. The molecule has 1 aliphatic rings. The van der Waals surface area contributed by atoms with Crippen molar-refractivity contribution in [1.29, 1.82) is 0 Å². The Kier molecular flexibility index (Phi) is 2.47. The Morgan fingerprint density at radius 2 is 2.20 bits per heavy atom. The molecule has 5 heteroatoms. The smallest absolute Gasteiger partial charge is 0.337 e. The molecule has 15 heavy (non-hydrogen) atoms. The summed E-state index contributed by atoms with van der Waals surface area (Å²) in [4.78, 5) is 17.2. The van der Waals surface area contributed by atoms with E-state index in [9.17, 15) is 4.79 Å². The fraction of sp³-hybridized carbons (Fsp3) is 0.100. The van der Waals surface area contributed by atoms with Gasteiger partial charge in [0, 0.05) is 0 Å². The minimum Gasteiger partial charge on any atom is -0.478 e. The quantitative estimate of drug-likeness (QED) is 0.768. The fourth-order valence-corrected chi connectivity index (χ4v) is 1.62. The van der Waals surface area contributed by atoms with Crippen molar-refractivity contribution in [2.45, 2.75) is 0 Å². The van der Waals surface area contributed by atoms with E-state index in [1.807, 2.05) is 0 Å². The SMILES string of the molecule is O=C(O)c1ccccc1N1C=NCC1=S. The van der Waals surface area contributed by atoms with Crippen molar-refractivity contribution >= 4 is 35.2 Å². The lowest BCUT2D eigenvalue weighted by molar-refractivity contribution is 0.0698. The van der Waals surface area contributed by atoms with Gasteiger partial charge in [0.1, 0.15) is 4.99 Å². The van der Waals surface area contributed by atoms with Crippen LogP contribution in [0.25, 0.3) is 0 Å². The van der Waals surface area contributed by atoms with Gasteiger partial charge in [-0.1, -0.05) is 24.4 Å². The molecule has 0 aromatic heterocycles. The van der Waals surface area contributed by atoms with Gasteiger partial charge in [-0.05, 0) is 12.1 Å². The van der Waals surface area contributed by atoms with E-state index >= 15 is 0 Å². The zero-order valence-corrected chi connectivity index (χ0v) is 8.57. The molecule has 1 aliphatic heterocycles. The number of carboxylic acids is 1. The number of benzene rings is 1. The monoisotopic (exact) mass is 220 g/mol. The lowest BCUT2D eigenvalue weighted by atomic mass is 10.1. The summed E-state index contributed by atoms with van der Waals surface area (Å²) in [5.74, 6) is -0.964. The topological polar surface area (TPSA) is 52.9 Å². The highest BCUT2D eigenvalue weighted by Gasteiger charge is 2.19. The highest BCUT2D eigenvalue weighted by molar-refractivity contribution is 7.80. The number of hydrogen-bond acceptors (Lipinski definition) is 3. The second-order valence-electron chi connectivity index (χ2n) is 3.04. The molecule has 1 N–H and O–H groups in total. The van der Waals surface area contributed by atoms with Gasteiger partial charge in [0.25, 0.3) is 0 Å². The second-order valence-corrected chi connectivity index (χ2v) is 3.51. The van der Waals surface area contributed by atoms with Crippen LogP contribution in [0.2, 0.25) is 0 Å². The highest BCUT2D eigenvalue weighted by atomic mass is 32.1. The first kappa shape index (κ1) is 9.79. The molecule has 0 radical (unpaired) electrons. The number of aliphatic imine (C=N–C) groups is 1. The molecular formula is C10H8N2O2S. The molecule has 2 rings (SSSR count). The van der Waals surface area contributed by atoms with Crippen molar-refractivity contribution in [3.63, 3.8) is 0 Å². The van der Waals surface area contributed by atoms with Crippen molar-refractivity contribution in [2.24, 2.45) is 4.99 Å². The summed E-state index contributed by atoms with van der Waals surface area (Å²) < 4.78 is 0. The van der Waals surface area contributed by atoms with E-state index in [1.165, 1.54) is 0 Å². The number of rotatable bonds is 2. The Balaban J connectivity index is 2.47. The van der Waals surface area contributed by atoms with Gasteiger partial charge in [-0.25, -0.2) is 4.79 Å². The van der Waals surface area contributed by atoms with E-state index in [-0.39, 0.29) is 5.56 Å². The van der Waals surface area contributed by atoms with Crippen LogP contribution in [-0.2, 0) is 0 Å². The van der Waals surface area contributed by atoms with Crippen LogP contribution in [-0.4, -0.2) is 28.9 Å². The second kappa shape index (κ2) is 3.78.